The predicted octanol–water partition coefficient (Wildman–Crippen LogP) is 2.33. The number of hydrogen-bond acceptors (Lipinski definition) is 4. The number of carboxylic acid groups (broad SMARTS) is 1. The first kappa shape index (κ1) is 15.5. The van der Waals surface area contributed by atoms with Crippen LogP contribution in [0.2, 0.25) is 0 Å². The van der Waals surface area contributed by atoms with Crippen molar-refractivity contribution < 1.29 is 24.1 Å². The Labute approximate surface area is 113 Å². The molecule has 1 aromatic rings. The summed E-state index contributed by atoms with van der Waals surface area (Å²) < 4.78 is 15.7. The molecule has 0 fully saturated rings. The van der Waals surface area contributed by atoms with Gasteiger partial charge in [-0.2, -0.15) is 0 Å². The molecule has 0 aliphatic rings. The van der Waals surface area contributed by atoms with E-state index in [1.165, 1.54) is 7.11 Å². The number of ether oxygens (including phenoxy) is 3. The summed E-state index contributed by atoms with van der Waals surface area (Å²) in [5.41, 5.74) is 0.935. The van der Waals surface area contributed by atoms with Crippen molar-refractivity contribution in [1.82, 2.24) is 0 Å². The maximum atomic E-state index is 11.0. The van der Waals surface area contributed by atoms with Crippen molar-refractivity contribution >= 4 is 5.97 Å². The van der Waals surface area contributed by atoms with E-state index in [0.29, 0.717) is 25.6 Å². The van der Waals surface area contributed by atoms with Crippen molar-refractivity contribution in [3.05, 3.63) is 29.3 Å². The zero-order valence-electron chi connectivity index (χ0n) is 11.5. The largest absolute Gasteiger partial charge is 0.496 e. The molecule has 0 atom stereocenters. The maximum absolute atomic E-state index is 11.0. The second-order valence-electron chi connectivity index (χ2n) is 4.31. The Balaban J connectivity index is 2.50. The van der Waals surface area contributed by atoms with Gasteiger partial charge >= 0.3 is 5.97 Å². The fourth-order valence-electron chi connectivity index (χ4n) is 1.54. The summed E-state index contributed by atoms with van der Waals surface area (Å²) >= 11 is 0. The van der Waals surface area contributed by atoms with Crippen LogP contribution in [0.1, 0.15) is 29.8 Å². The van der Waals surface area contributed by atoms with Crippen LogP contribution in [0, 0.1) is 0 Å². The molecule has 0 spiro atoms. The molecule has 0 unspecified atom stereocenters. The molecule has 1 aromatic carbocycles. The second-order valence-corrected chi connectivity index (χ2v) is 4.31. The Hall–Kier alpha value is -1.59. The van der Waals surface area contributed by atoms with Gasteiger partial charge in [0, 0.05) is 0 Å². The highest BCUT2D eigenvalue weighted by Crippen LogP contribution is 2.20. The Bertz CT molecular complexity index is 414. The van der Waals surface area contributed by atoms with Gasteiger partial charge in [-0.25, -0.2) is 4.79 Å². The van der Waals surface area contributed by atoms with Crippen LogP contribution < -0.4 is 4.74 Å². The molecule has 0 aliphatic carbocycles. The van der Waals surface area contributed by atoms with Gasteiger partial charge in [0.1, 0.15) is 11.3 Å². The maximum Gasteiger partial charge on any atom is 0.339 e. The van der Waals surface area contributed by atoms with E-state index in [1.807, 2.05) is 13.8 Å². The molecule has 1 rings (SSSR count). The van der Waals surface area contributed by atoms with E-state index in [0.717, 1.165) is 5.56 Å². The van der Waals surface area contributed by atoms with Gasteiger partial charge in [0.05, 0.1) is 33.0 Å². The van der Waals surface area contributed by atoms with Crippen molar-refractivity contribution in [1.29, 1.82) is 0 Å². The van der Waals surface area contributed by atoms with E-state index in [-0.39, 0.29) is 11.7 Å². The van der Waals surface area contributed by atoms with E-state index >= 15 is 0 Å². The number of hydrogen-bond donors (Lipinski definition) is 1. The molecule has 5 heteroatoms. The predicted molar refractivity (Wildman–Crippen MR) is 70.7 cm³/mol. The summed E-state index contributed by atoms with van der Waals surface area (Å²) in [4.78, 5) is 11.0. The molecule has 0 saturated heterocycles. The van der Waals surface area contributed by atoms with Crippen molar-refractivity contribution in [2.75, 3.05) is 20.3 Å². The Morgan fingerprint density at radius 2 is 2.05 bits per heavy atom. The SMILES string of the molecule is COc1ccc(COCCOC(C)C)cc1C(=O)O. The zero-order chi connectivity index (χ0) is 14.3. The third-order valence-corrected chi connectivity index (χ3v) is 2.44. The minimum atomic E-state index is -1.01. The van der Waals surface area contributed by atoms with E-state index in [4.69, 9.17) is 19.3 Å². The van der Waals surface area contributed by atoms with Gasteiger partial charge in [-0.15, -0.1) is 0 Å². The lowest BCUT2D eigenvalue weighted by Crippen LogP contribution is -2.09. The van der Waals surface area contributed by atoms with Crippen LogP contribution in [0.25, 0.3) is 0 Å². The molecular formula is C14H20O5. The van der Waals surface area contributed by atoms with Crippen molar-refractivity contribution in [2.24, 2.45) is 0 Å². The summed E-state index contributed by atoms with van der Waals surface area (Å²) in [7, 11) is 1.45. The van der Waals surface area contributed by atoms with E-state index in [2.05, 4.69) is 0 Å². The number of methoxy groups -OCH3 is 1. The normalized spacial score (nSPS) is 10.7. The van der Waals surface area contributed by atoms with Crippen molar-refractivity contribution in [2.45, 2.75) is 26.6 Å². The number of carbonyl (C=O) groups is 1. The lowest BCUT2D eigenvalue weighted by molar-refractivity contribution is 0.0142. The van der Waals surface area contributed by atoms with Crippen LogP contribution in [0.5, 0.6) is 5.75 Å². The molecule has 0 heterocycles. The molecule has 0 aliphatic heterocycles. The Morgan fingerprint density at radius 3 is 2.63 bits per heavy atom. The highest BCUT2D eigenvalue weighted by Gasteiger charge is 2.11. The van der Waals surface area contributed by atoms with Crippen LogP contribution >= 0.6 is 0 Å². The number of rotatable bonds is 8. The number of aromatic carboxylic acids is 1. The minimum Gasteiger partial charge on any atom is -0.496 e. The minimum absolute atomic E-state index is 0.141. The van der Waals surface area contributed by atoms with Gasteiger partial charge in [-0.05, 0) is 31.5 Å². The smallest absolute Gasteiger partial charge is 0.339 e. The molecule has 0 amide bonds. The zero-order valence-corrected chi connectivity index (χ0v) is 11.5. The number of carboxylic acids is 1. The summed E-state index contributed by atoms with van der Waals surface area (Å²) in [5.74, 6) is -0.666. The highest BCUT2D eigenvalue weighted by atomic mass is 16.5. The molecule has 19 heavy (non-hydrogen) atoms. The quantitative estimate of drug-likeness (QED) is 0.733. The van der Waals surface area contributed by atoms with Gasteiger partial charge in [0.2, 0.25) is 0 Å². The average Bonchev–Trinajstić information content (AvgIpc) is 2.37. The van der Waals surface area contributed by atoms with Crippen LogP contribution in [0.3, 0.4) is 0 Å². The average molecular weight is 268 g/mol. The monoisotopic (exact) mass is 268 g/mol. The van der Waals surface area contributed by atoms with Crippen LogP contribution in [-0.4, -0.2) is 37.5 Å². The van der Waals surface area contributed by atoms with Crippen LogP contribution in [0.4, 0.5) is 0 Å². The third-order valence-electron chi connectivity index (χ3n) is 2.44. The summed E-state index contributed by atoms with van der Waals surface area (Å²) in [6.07, 6.45) is 0.184. The van der Waals surface area contributed by atoms with Gasteiger partial charge in [-0.1, -0.05) is 6.07 Å². The Morgan fingerprint density at radius 1 is 1.32 bits per heavy atom. The van der Waals surface area contributed by atoms with E-state index in [1.54, 1.807) is 18.2 Å². The highest BCUT2D eigenvalue weighted by molar-refractivity contribution is 5.91. The van der Waals surface area contributed by atoms with Crippen molar-refractivity contribution in [3.63, 3.8) is 0 Å². The standard InChI is InChI=1S/C14H20O5/c1-10(2)19-7-6-18-9-11-4-5-13(17-3)12(8-11)14(15)16/h4-5,8,10H,6-7,9H2,1-3H3,(H,15,16). The summed E-state index contributed by atoms with van der Waals surface area (Å²) in [6, 6.07) is 4.98. The molecule has 5 nitrogen and oxygen atoms in total. The first-order chi connectivity index (χ1) is 9.04. The lowest BCUT2D eigenvalue weighted by atomic mass is 10.1. The topological polar surface area (TPSA) is 65.0 Å². The van der Waals surface area contributed by atoms with Gasteiger partial charge in [0.25, 0.3) is 0 Å². The lowest BCUT2D eigenvalue weighted by Gasteiger charge is -2.10. The van der Waals surface area contributed by atoms with E-state index < -0.39 is 5.97 Å². The Kier molecular flexibility index (Phi) is 6.32. The van der Waals surface area contributed by atoms with E-state index in [9.17, 15) is 4.79 Å². The van der Waals surface area contributed by atoms with Gasteiger partial charge in [-0.3, -0.25) is 0 Å². The van der Waals surface area contributed by atoms with Crippen molar-refractivity contribution in [3.8, 4) is 5.75 Å². The number of benzene rings is 1. The molecule has 0 radical (unpaired) electrons. The first-order valence-corrected chi connectivity index (χ1v) is 6.14. The van der Waals surface area contributed by atoms with Gasteiger partial charge in [0.15, 0.2) is 0 Å². The summed E-state index contributed by atoms with van der Waals surface area (Å²) in [6.45, 7) is 5.28. The molecule has 0 saturated carbocycles. The summed E-state index contributed by atoms with van der Waals surface area (Å²) in [5, 5.41) is 9.05. The molecule has 0 aromatic heterocycles. The molecule has 106 valence electrons. The molecular weight excluding hydrogens is 248 g/mol. The molecule has 0 bridgehead atoms. The van der Waals surface area contributed by atoms with Crippen LogP contribution in [0.15, 0.2) is 18.2 Å². The molecule has 1 N–H and O–H groups in total. The van der Waals surface area contributed by atoms with Gasteiger partial charge < -0.3 is 19.3 Å². The third kappa shape index (κ3) is 5.28. The fraction of sp³-hybridized carbons (Fsp3) is 0.500. The second kappa shape index (κ2) is 7.76. The van der Waals surface area contributed by atoms with Crippen LogP contribution in [-0.2, 0) is 16.1 Å². The first-order valence-electron chi connectivity index (χ1n) is 6.14. The fourth-order valence-corrected chi connectivity index (χ4v) is 1.54.